The molecule has 0 nitrogen and oxygen atoms in total. The van der Waals surface area contributed by atoms with Crippen LogP contribution in [0.25, 0.3) is 97.0 Å². The normalized spacial score (nSPS) is 11.7. The molecule has 1 aromatic heterocycles. The van der Waals surface area contributed by atoms with Gasteiger partial charge in [-0.3, -0.25) is 0 Å². The zero-order valence-electron chi connectivity index (χ0n) is 26.7. The molecule has 0 radical (unpaired) electrons. The van der Waals surface area contributed by atoms with Crippen molar-refractivity contribution in [1.82, 2.24) is 0 Å². The molecule has 10 rings (SSSR count). The van der Waals surface area contributed by atoms with Crippen LogP contribution in [0.2, 0.25) is 0 Å². The fourth-order valence-electron chi connectivity index (χ4n) is 7.88. The molecule has 49 heavy (non-hydrogen) atoms. The number of hydrogen-bond donors (Lipinski definition) is 0. The first-order chi connectivity index (χ1) is 24.3. The Labute approximate surface area is 289 Å². The van der Waals surface area contributed by atoms with Crippen LogP contribution >= 0.6 is 11.3 Å². The molecule has 0 atom stereocenters. The van der Waals surface area contributed by atoms with Crippen LogP contribution in [-0.2, 0) is 0 Å². The third-order valence-electron chi connectivity index (χ3n) is 10.1. The Morgan fingerprint density at radius 3 is 1.45 bits per heavy atom. The highest BCUT2D eigenvalue weighted by molar-refractivity contribution is 7.25. The van der Waals surface area contributed by atoms with E-state index in [1.54, 1.807) is 0 Å². The van der Waals surface area contributed by atoms with Gasteiger partial charge in [0.1, 0.15) is 0 Å². The SMILES string of the molecule is c1ccc(-c2cccc3ccccc23)c(-c2ccc(-c3c4ccccc4c(-c4ccc5sc6ccccc6c5c4)c4ccccc34)cc2)c1. The maximum Gasteiger partial charge on any atom is 0.0355 e. The van der Waals surface area contributed by atoms with E-state index in [4.69, 9.17) is 0 Å². The molecule has 0 amide bonds. The highest BCUT2D eigenvalue weighted by Gasteiger charge is 2.18. The number of benzene rings is 9. The van der Waals surface area contributed by atoms with E-state index in [-0.39, 0.29) is 0 Å². The molecule has 0 aliphatic heterocycles. The molecule has 0 saturated heterocycles. The summed E-state index contributed by atoms with van der Waals surface area (Å²) >= 11 is 1.87. The lowest BCUT2D eigenvalue weighted by Crippen LogP contribution is -1.91. The topological polar surface area (TPSA) is 0 Å². The van der Waals surface area contributed by atoms with Crippen LogP contribution < -0.4 is 0 Å². The van der Waals surface area contributed by atoms with Gasteiger partial charge in [-0.1, -0.05) is 164 Å². The average molecular weight is 639 g/mol. The lowest BCUT2D eigenvalue weighted by molar-refractivity contribution is 1.59. The molecule has 0 saturated carbocycles. The summed E-state index contributed by atoms with van der Waals surface area (Å²) in [4.78, 5) is 0. The van der Waals surface area contributed by atoms with Crippen molar-refractivity contribution >= 4 is 63.8 Å². The van der Waals surface area contributed by atoms with Crippen molar-refractivity contribution in [3.05, 3.63) is 182 Å². The minimum Gasteiger partial charge on any atom is -0.135 e. The van der Waals surface area contributed by atoms with Crippen LogP contribution in [0.1, 0.15) is 0 Å². The van der Waals surface area contributed by atoms with Gasteiger partial charge in [0, 0.05) is 20.2 Å². The minimum atomic E-state index is 1.22. The molecule has 1 heterocycles. The zero-order valence-corrected chi connectivity index (χ0v) is 27.5. The van der Waals surface area contributed by atoms with Crippen molar-refractivity contribution in [2.75, 3.05) is 0 Å². The molecular weight excluding hydrogens is 609 g/mol. The van der Waals surface area contributed by atoms with Gasteiger partial charge in [0.05, 0.1) is 0 Å². The summed E-state index contributed by atoms with van der Waals surface area (Å²) in [6.45, 7) is 0. The molecule has 228 valence electrons. The van der Waals surface area contributed by atoms with E-state index >= 15 is 0 Å². The van der Waals surface area contributed by atoms with Gasteiger partial charge in [-0.25, -0.2) is 0 Å². The maximum atomic E-state index is 2.41. The monoisotopic (exact) mass is 638 g/mol. The third-order valence-corrected chi connectivity index (χ3v) is 11.2. The van der Waals surface area contributed by atoms with Gasteiger partial charge in [0.2, 0.25) is 0 Å². The molecule has 0 aliphatic rings. The highest BCUT2D eigenvalue weighted by Crippen LogP contribution is 2.46. The summed E-state index contributed by atoms with van der Waals surface area (Å²) in [5.74, 6) is 0. The van der Waals surface area contributed by atoms with Gasteiger partial charge in [-0.15, -0.1) is 11.3 Å². The Bertz CT molecular complexity index is 2810. The summed E-state index contributed by atoms with van der Waals surface area (Å²) < 4.78 is 2.67. The smallest absolute Gasteiger partial charge is 0.0355 e. The number of fused-ring (bicyclic) bond motifs is 6. The quantitative estimate of drug-likeness (QED) is 0.168. The second-order valence-corrected chi connectivity index (χ2v) is 13.9. The maximum absolute atomic E-state index is 2.41. The van der Waals surface area contributed by atoms with E-state index in [1.807, 2.05) is 11.3 Å². The van der Waals surface area contributed by atoms with Crippen LogP contribution in [0.4, 0.5) is 0 Å². The van der Waals surface area contributed by atoms with Gasteiger partial charge >= 0.3 is 0 Å². The zero-order chi connectivity index (χ0) is 32.3. The van der Waals surface area contributed by atoms with Crippen LogP contribution in [0.5, 0.6) is 0 Å². The minimum absolute atomic E-state index is 1.22. The lowest BCUT2D eigenvalue weighted by atomic mass is 9.85. The molecule has 0 fully saturated rings. The van der Waals surface area contributed by atoms with Gasteiger partial charge in [-0.05, 0) is 95.0 Å². The lowest BCUT2D eigenvalue weighted by Gasteiger charge is -2.18. The highest BCUT2D eigenvalue weighted by atomic mass is 32.1. The van der Waals surface area contributed by atoms with Crippen LogP contribution in [0.15, 0.2) is 182 Å². The summed E-state index contributed by atoms with van der Waals surface area (Å²) in [5.41, 5.74) is 10.0. The Balaban J connectivity index is 1.15. The van der Waals surface area contributed by atoms with E-state index in [9.17, 15) is 0 Å². The summed E-state index contributed by atoms with van der Waals surface area (Å²) in [6.07, 6.45) is 0. The first kappa shape index (κ1) is 28.0. The molecule has 0 bridgehead atoms. The molecule has 0 aliphatic carbocycles. The van der Waals surface area contributed by atoms with E-state index in [0.29, 0.717) is 0 Å². The first-order valence-corrected chi connectivity index (χ1v) is 17.7. The second-order valence-electron chi connectivity index (χ2n) is 12.8. The molecule has 0 unspecified atom stereocenters. The van der Waals surface area contributed by atoms with Crippen molar-refractivity contribution in [2.24, 2.45) is 0 Å². The molecular formula is C48H30S. The van der Waals surface area contributed by atoms with Crippen molar-refractivity contribution in [2.45, 2.75) is 0 Å². The standard InChI is InChI=1S/C48H30S/c1-2-14-35-31(12-1)13-11-22-38(35)37-16-4-3-15-36(37)32-24-26-33(27-25-32)47-40-18-5-7-20-42(40)48(43-21-8-6-19-41(43)47)34-28-29-46-44(30-34)39-17-9-10-23-45(39)49-46/h1-30H. The average Bonchev–Trinajstić information content (AvgIpc) is 3.55. The fourth-order valence-corrected chi connectivity index (χ4v) is 8.96. The van der Waals surface area contributed by atoms with Crippen molar-refractivity contribution in [1.29, 1.82) is 0 Å². The van der Waals surface area contributed by atoms with Crippen molar-refractivity contribution in [3.63, 3.8) is 0 Å². The summed E-state index contributed by atoms with van der Waals surface area (Å²) in [7, 11) is 0. The van der Waals surface area contributed by atoms with Gasteiger partial charge in [0.15, 0.2) is 0 Å². The predicted molar refractivity (Wildman–Crippen MR) is 214 cm³/mol. The second kappa shape index (κ2) is 11.3. The number of thiophene rings is 1. The largest absolute Gasteiger partial charge is 0.135 e. The van der Waals surface area contributed by atoms with E-state index in [0.717, 1.165) is 0 Å². The molecule has 9 aromatic carbocycles. The predicted octanol–water partition coefficient (Wildman–Crippen LogP) is 14.2. The van der Waals surface area contributed by atoms with Gasteiger partial charge in [0.25, 0.3) is 0 Å². The van der Waals surface area contributed by atoms with Crippen LogP contribution in [-0.4, -0.2) is 0 Å². The van der Waals surface area contributed by atoms with E-state index in [1.165, 1.54) is 97.0 Å². The molecule has 1 heteroatoms. The Kier molecular flexibility index (Phi) is 6.47. The first-order valence-electron chi connectivity index (χ1n) is 16.8. The molecule has 0 spiro atoms. The Morgan fingerprint density at radius 1 is 0.265 bits per heavy atom. The van der Waals surface area contributed by atoms with E-state index in [2.05, 4.69) is 182 Å². The Morgan fingerprint density at radius 2 is 0.735 bits per heavy atom. The summed E-state index contributed by atoms with van der Waals surface area (Å²) in [6, 6.07) is 67.0. The van der Waals surface area contributed by atoms with Gasteiger partial charge < -0.3 is 0 Å². The van der Waals surface area contributed by atoms with Crippen LogP contribution in [0.3, 0.4) is 0 Å². The van der Waals surface area contributed by atoms with Crippen molar-refractivity contribution in [3.8, 4) is 44.5 Å². The third kappa shape index (κ3) is 4.51. The van der Waals surface area contributed by atoms with Crippen molar-refractivity contribution < 1.29 is 0 Å². The fraction of sp³-hybridized carbons (Fsp3) is 0. The number of hydrogen-bond acceptors (Lipinski definition) is 1. The van der Waals surface area contributed by atoms with Gasteiger partial charge in [-0.2, -0.15) is 0 Å². The molecule has 0 N–H and O–H groups in total. The molecule has 10 aromatic rings. The summed E-state index contributed by atoms with van der Waals surface area (Å²) in [5, 5.41) is 10.3. The van der Waals surface area contributed by atoms with E-state index < -0.39 is 0 Å². The number of rotatable bonds is 4. The van der Waals surface area contributed by atoms with Crippen LogP contribution in [0, 0.1) is 0 Å². The Hall–Kier alpha value is -6.02.